The van der Waals surface area contributed by atoms with Crippen molar-refractivity contribution in [1.82, 2.24) is 5.32 Å². The van der Waals surface area contributed by atoms with Crippen molar-refractivity contribution in [2.45, 2.75) is 39.0 Å². The summed E-state index contributed by atoms with van der Waals surface area (Å²) in [6.07, 6.45) is 6.43. The number of nitrogens with one attached hydrogen (secondary N) is 1. The van der Waals surface area contributed by atoms with Gasteiger partial charge in [-0.15, -0.1) is 0 Å². The second kappa shape index (κ2) is 7.24. The third kappa shape index (κ3) is 4.35. The van der Waals surface area contributed by atoms with Crippen molar-refractivity contribution in [2.24, 2.45) is 17.1 Å². The number of rotatable bonds is 6. The van der Waals surface area contributed by atoms with E-state index in [4.69, 9.17) is 5.73 Å². The minimum absolute atomic E-state index is 0.0961. The molecule has 1 atom stereocenters. The number of carbonyl (C=O) groups excluding carboxylic acids is 1. The molecule has 0 bridgehead atoms. The second-order valence-corrected chi connectivity index (χ2v) is 7.11. The molecule has 4 nitrogen and oxygen atoms in total. The summed E-state index contributed by atoms with van der Waals surface area (Å²) in [6, 6.07) is 0. The molecule has 106 valence electrons. The van der Waals surface area contributed by atoms with Gasteiger partial charge in [-0.05, 0) is 38.0 Å². The van der Waals surface area contributed by atoms with Gasteiger partial charge in [0.05, 0.1) is 5.41 Å². The predicted octanol–water partition coefficient (Wildman–Crippen LogP) is 1.03. The lowest BCUT2D eigenvalue weighted by Crippen LogP contribution is -2.48. The third-order valence-corrected chi connectivity index (χ3v) is 4.86. The molecular formula is C13H26N2O2S. The van der Waals surface area contributed by atoms with Crippen LogP contribution < -0.4 is 11.1 Å². The van der Waals surface area contributed by atoms with Gasteiger partial charge in [0.25, 0.3) is 0 Å². The lowest BCUT2D eigenvalue weighted by atomic mass is 9.70. The highest BCUT2D eigenvalue weighted by Gasteiger charge is 2.39. The number of carbonyl (C=O) groups is 1. The van der Waals surface area contributed by atoms with Crippen LogP contribution in [-0.2, 0) is 15.6 Å². The largest absolute Gasteiger partial charge is 0.356 e. The van der Waals surface area contributed by atoms with E-state index in [2.05, 4.69) is 12.2 Å². The highest BCUT2D eigenvalue weighted by molar-refractivity contribution is 7.84. The van der Waals surface area contributed by atoms with Gasteiger partial charge in [0.2, 0.25) is 5.91 Å². The Balaban J connectivity index is 2.40. The van der Waals surface area contributed by atoms with Crippen molar-refractivity contribution < 1.29 is 9.00 Å². The number of nitrogens with two attached hydrogens (primary N) is 1. The second-order valence-electron chi connectivity index (χ2n) is 5.55. The fourth-order valence-corrected chi connectivity index (χ4v) is 3.05. The molecule has 1 rings (SSSR count). The van der Waals surface area contributed by atoms with E-state index >= 15 is 0 Å². The maximum Gasteiger partial charge on any atom is 0.227 e. The van der Waals surface area contributed by atoms with Gasteiger partial charge < -0.3 is 11.1 Å². The van der Waals surface area contributed by atoms with Gasteiger partial charge in [-0.25, -0.2) is 0 Å². The van der Waals surface area contributed by atoms with Gasteiger partial charge >= 0.3 is 0 Å². The van der Waals surface area contributed by atoms with Crippen molar-refractivity contribution in [2.75, 3.05) is 25.1 Å². The van der Waals surface area contributed by atoms with Crippen LogP contribution in [0.25, 0.3) is 0 Å². The quantitative estimate of drug-likeness (QED) is 0.711. The Morgan fingerprint density at radius 1 is 1.44 bits per heavy atom. The summed E-state index contributed by atoms with van der Waals surface area (Å²) >= 11 is 0. The van der Waals surface area contributed by atoms with E-state index < -0.39 is 10.8 Å². The SMILES string of the molecule is CC1CCC(CN)(C(=O)NCCCS(C)=O)CC1. The van der Waals surface area contributed by atoms with Crippen LogP contribution in [0.3, 0.4) is 0 Å². The maximum atomic E-state index is 12.2. The van der Waals surface area contributed by atoms with Gasteiger partial charge in [-0.2, -0.15) is 0 Å². The van der Waals surface area contributed by atoms with Crippen LogP contribution in [0.2, 0.25) is 0 Å². The van der Waals surface area contributed by atoms with Gasteiger partial charge in [0, 0.05) is 35.9 Å². The number of hydrogen-bond acceptors (Lipinski definition) is 3. The fraction of sp³-hybridized carbons (Fsp3) is 0.923. The van der Waals surface area contributed by atoms with E-state index in [-0.39, 0.29) is 11.3 Å². The van der Waals surface area contributed by atoms with Gasteiger partial charge in [0.1, 0.15) is 0 Å². The molecule has 0 aliphatic heterocycles. The summed E-state index contributed by atoms with van der Waals surface area (Å²) in [7, 11) is -0.778. The smallest absolute Gasteiger partial charge is 0.227 e. The molecule has 5 heteroatoms. The van der Waals surface area contributed by atoms with Crippen LogP contribution in [0.5, 0.6) is 0 Å². The Morgan fingerprint density at radius 3 is 2.56 bits per heavy atom. The van der Waals surface area contributed by atoms with Crippen molar-refractivity contribution in [3.05, 3.63) is 0 Å². The summed E-state index contributed by atoms with van der Waals surface area (Å²) in [5, 5.41) is 2.96. The van der Waals surface area contributed by atoms with Crippen LogP contribution in [0, 0.1) is 11.3 Å². The lowest BCUT2D eigenvalue weighted by molar-refractivity contribution is -0.132. The zero-order valence-corrected chi connectivity index (χ0v) is 12.4. The van der Waals surface area contributed by atoms with Crippen molar-refractivity contribution in [1.29, 1.82) is 0 Å². The Morgan fingerprint density at radius 2 is 2.06 bits per heavy atom. The molecule has 1 fully saturated rings. The highest BCUT2D eigenvalue weighted by Crippen LogP contribution is 2.38. The standard InChI is InChI=1S/C13H26N2O2S/c1-11-4-6-13(10-14,7-5-11)12(16)15-8-3-9-18(2)17/h11H,3-10,14H2,1-2H3,(H,15,16). The molecule has 1 aliphatic rings. The number of hydrogen-bond donors (Lipinski definition) is 2. The molecular weight excluding hydrogens is 248 g/mol. The molecule has 1 saturated carbocycles. The fourth-order valence-electron chi connectivity index (χ4n) is 2.50. The topological polar surface area (TPSA) is 72.2 Å². The van der Waals surface area contributed by atoms with E-state index in [1.54, 1.807) is 6.26 Å². The van der Waals surface area contributed by atoms with Gasteiger partial charge in [0.15, 0.2) is 0 Å². The van der Waals surface area contributed by atoms with E-state index in [0.717, 1.165) is 32.1 Å². The van der Waals surface area contributed by atoms with Crippen LogP contribution in [0.15, 0.2) is 0 Å². The average molecular weight is 274 g/mol. The molecule has 0 spiro atoms. The molecule has 0 radical (unpaired) electrons. The molecule has 1 unspecified atom stereocenters. The Labute approximate surface area is 113 Å². The molecule has 0 aromatic heterocycles. The average Bonchev–Trinajstić information content (AvgIpc) is 2.35. The van der Waals surface area contributed by atoms with Crippen LogP contribution in [-0.4, -0.2) is 35.2 Å². The zero-order valence-electron chi connectivity index (χ0n) is 11.5. The summed E-state index contributed by atoms with van der Waals surface area (Å²) < 4.78 is 10.9. The van der Waals surface area contributed by atoms with Crippen LogP contribution in [0.4, 0.5) is 0 Å². The molecule has 3 N–H and O–H groups in total. The first-order valence-electron chi connectivity index (χ1n) is 6.78. The minimum Gasteiger partial charge on any atom is -0.356 e. The normalized spacial score (nSPS) is 29.8. The van der Waals surface area contributed by atoms with Crippen molar-refractivity contribution in [3.8, 4) is 0 Å². The highest BCUT2D eigenvalue weighted by atomic mass is 32.2. The molecule has 0 heterocycles. The summed E-state index contributed by atoms with van der Waals surface area (Å²) in [5.74, 6) is 1.45. The molecule has 1 aliphatic carbocycles. The van der Waals surface area contributed by atoms with Crippen molar-refractivity contribution in [3.63, 3.8) is 0 Å². The summed E-state index contributed by atoms with van der Waals surface area (Å²) in [4.78, 5) is 12.2. The molecule has 18 heavy (non-hydrogen) atoms. The summed E-state index contributed by atoms with van der Waals surface area (Å²) in [6.45, 7) is 3.27. The predicted molar refractivity (Wildman–Crippen MR) is 75.7 cm³/mol. The maximum absolute atomic E-state index is 12.2. The van der Waals surface area contributed by atoms with E-state index in [1.807, 2.05) is 0 Å². The zero-order chi connectivity index (χ0) is 13.6. The molecule has 1 amide bonds. The third-order valence-electron chi connectivity index (χ3n) is 4.00. The van der Waals surface area contributed by atoms with Crippen LogP contribution in [0.1, 0.15) is 39.0 Å². The van der Waals surface area contributed by atoms with Crippen LogP contribution >= 0.6 is 0 Å². The molecule has 0 aromatic rings. The van der Waals surface area contributed by atoms with Crippen molar-refractivity contribution >= 4 is 16.7 Å². The van der Waals surface area contributed by atoms with Gasteiger partial charge in [-0.3, -0.25) is 9.00 Å². The number of amides is 1. The minimum atomic E-state index is -0.778. The lowest BCUT2D eigenvalue weighted by Gasteiger charge is -2.37. The molecule has 0 aromatic carbocycles. The monoisotopic (exact) mass is 274 g/mol. The summed E-state index contributed by atoms with van der Waals surface area (Å²) in [5.41, 5.74) is 5.48. The first-order valence-corrected chi connectivity index (χ1v) is 8.51. The van der Waals surface area contributed by atoms with E-state index in [0.29, 0.717) is 24.8 Å². The Hall–Kier alpha value is -0.420. The first kappa shape index (κ1) is 15.6. The van der Waals surface area contributed by atoms with E-state index in [1.165, 1.54) is 0 Å². The van der Waals surface area contributed by atoms with E-state index in [9.17, 15) is 9.00 Å². The van der Waals surface area contributed by atoms with Gasteiger partial charge in [-0.1, -0.05) is 6.92 Å². The molecule has 0 saturated heterocycles. The first-order chi connectivity index (χ1) is 8.50. The Kier molecular flexibility index (Phi) is 6.29. The Bertz CT molecular complexity index is 299.